The van der Waals surface area contributed by atoms with Crippen LogP contribution in [0.3, 0.4) is 0 Å². The zero-order valence-corrected chi connectivity index (χ0v) is 16.0. The van der Waals surface area contributed by atoms with E-state index in [1.54, 1.807) is 11.8 Å². The molecule has 3 aliphatic rings. The van der Waals surface area contributed by atoms with Crippen molar-refractivity contribution in [2.24, 2.45) is 0 Å². The minimum Gasteiger partial charge on any atom is -0.860 e. The Kier molecular flexibility index (Phi) is 3.99. The van der Waals surface area contributed by atoms with E-state index in [9.17, 15) is 19.5 Å². The average molecular weight is 395 g/mol. The first-order valence-corrected chi connectivity index (χ1v) is 9.91. The maximum atomic E-state index is 12.8. The summed E-state index contributed by atoms with van der Waals surface area (Å²) in [6.45, 7) is 4.08. The number of fused-ring (bicyclic) bond motifs is 1. The summed E-state index contributed by atoms with van der Waals surface area (Å²) in [7, 11) is 0. The van der Waals surface area contributed by atoms with Crippen LogP contribution in [0, 0.1) is 6.92 Å². The number of rotatable bonds is 1. The van der Waals surface area contributed by atoms with Crippen molar-refractivity contribution in [3.8, 4) is 5.88 Å². The summed E-state index contributed by atoms with van der Waals surface area (Å²) >= 11 is 0. The van der Waals surface area contributed by atoms with Crippen molar-refractivity contribution < 1.29 is 14.4 Å². The van der Waals surface area contributed by atoms with Crippen molar-refractivity contribution in [2.45, 2.75) is 38.6 Å². The van der Waals surface area contributed by atoms with E-state index >= 15 is 0 Å². The van der Waals surface area contributed by atoms with Crippen LogP contribution in [0.1, 0.15) is 42.4 Å². The molecule has 0 amide bonds. The highest BCUT2D eigenvalue weighted by Gasteiger charge is 2.39. The van der Waals surface area contributed by atoms with E-state index < -0.39 is 22.8 Å². The van der Waals surface area contributed by atoms with Crippen LogP contribution in [-0.4, -0.2) is 29.1 Å². The number of hydrogen-bond acceptors (Lipinski definition) is 5. The molecule has 3 N–H and O–H groups in total. The monoisotopic (exact) mass is 395 g/mol. The molecule has 2 aliphatic heterocycles. The van der Waals surface area contributed by atoms with Gasteiger partial charge in [-0.05, 0) is 48.9 Å². The second-order valence-corrected chi connectivity index (χ2v) is 8.01. The van der Waals surface area contributed by atoms with Gasteiger partial charge in [0, 0.05) is 29.5 Å². The SMILES string of the molecule is Cc1c2c(oc(=O)c1=Cc1c([O-])[nH]c(=O)[nH]c1=O)=C1CCC[NH+]3CCCC(=C2)C13. The largest absolute Gasteiger partial charge is 0.860 e. The molecule has 2 fully saturated rings. The van der Waals surface area contributed by atoms with Crippen LogP contribution in [0.5, 0.6) is 5.88 Å². The van der Waals surface area contributed by atoms with Crippen LogP contribution in [0.4, 0.5) is 0 Å². The molecule has 0 spiro atoms. The Labute approximate surface area is 164 Å². The van der Waals surface area contributed by atoms with Gasteiger partial charge < -0.3 is 19.4 Å². The zero-order valence-electron chi connectivity index (χ0n) is 16.0. The van der Waals surface area contributed by atoms with Gasteiger partial charge in [0.1, 0.15) is 11.5 Å². The minimum atomic E-state index is -0.875. The first-order chi connectivity index (χ1) is 13.9. The fourth-order valence-electron chi connectivity index (χ4n) is 5.05. The van der Waals surface area contributed by atoms with E-state index in [1.807, 2.05) is 9.97 Å². The maximum Gasteiger partial charge on any atom is 0.343 e. The van der Waals surface area contributed by atoms with E-state index in [1.165, 1.54) is 17.2 Å². The van der Waals surface area contributed by atoms with Gasteiger partial charge in [0.25, 0.3) is 5.56 Å². The highest BCUT2D eigenvalue weighted by molar-refractivity contribution is 5.71. The second-order valence-electron chi connectivity index (χ2n) is 8.01. The molecule has 0 bridgehead atoms. The number of aromatic nitrogens is 2. The molecule has 0 radical (unpaired) electrons. The third kappa shape index (κ3) is 2.74. The lowest BCUT2D eigenvalue weighted by atomic mass is 9.80. The number of H-pyrrole nitrogens is 2. The predicted molar refractivity (Wildman–Crippen MR) is 104 cm³/mol. The first-order valence-electron chi connectivity index (χ1n) is 9.91. The van der Waals surface area contributed by atoms with Gasteiger partial charge in [-0.15, -0.1) is 0 Å². The molecule has 150 valence electrons. The van der Waals surface area contributed by atoms with Crippen molar-refractivity contribution in [2.75, 3.05) is 13.1 Å². The number of aromatic amines is 2. The van der Waals surface area contributed by atoms with E-state index in [0.29, 0.717) is 17.0 Å². The van der Waals surface area contributed by atoms with Crippen molar-refractivity contribution in [3.05, 3.63) is 64.2 Å². The first kappa shape index (κ1) is 17.9. The van der Waals surface area contributed by atoms with Crippen molar-refractivity contribution >= 4 is 17.7 Å². The van der Waals surface area contributed by atoms with Gasteiger partial charge in [-0.25, -0.2) is 9.59 Å². The van der Waals surface area contributed by atoms with Gasteiger partial charge in [0.05, 0.1) is 18.3 Å². The van der Waals surface area contributed by atoms with Crippen molar-refractivity contribution in [1.82, 2.24) is 9.97 Å². The Morgan fingerprint density at radius 3 is 2.69 bits per heavy atom. The highest BCUT2D eigenvalue weighted by Crippen LogP contribution is 2.29. The molecule has 0 aromatic carbocycles. The van der Waals surface area contributed by atoms with Crippen LogP contribution in [-0.2, 0) is 0 Å². The molecule has 2 saturated heterocycles. The Balaban J connectivity index is 1.81. The molecule has 2 aromatic rings. The Morgan fingerprint density at radius 2 is 1.93 bits per heavy atom. The Bertz CT molecular complexity index is 1360. The average Bonchev–Trinajstić information content (AvgIpc) is 2.68. The minimum absolute atomic E-state index is 0.158. The fraction of sp³-hybridized carbons (Fsp3) is 0.381. The summed E-state index contributed by atoms with van der Waals surface area (Å²) in [6, 6.07) is 0.303. The van der Waals surface area contributed by atoms with Crippen LogP contribution in [0.15, 0.2) is 24.4 Å². The lowest BCUT2D eigenvalue weighted by Crippen LogP contribution is -3.17. The van der Waals surface area contributed by atoms with Crippen LogP contribution in [0.25, 0.3) is 17.7 Å². The van der Waals surface area contributed by atoms with E-state index in [2.05, 4.69) is 6.08 Å². The van der Waals surface area contributed by atoms with Gasteiger partial charge in [-0.1, -0.05) is 0 Å². The molecular formula is C21H21N3O5. The third-order valence-corrected chi connectivity index (χ3v) is 6.36. The van der Waals surface area contributed by atoms with E-state index in [4.69, 9.17) is 4.42 Å². The molecule has 2 atom stereocenters. The van der Waals surface area contributed by atoms with Crippen molar-refractivity contribution in [1.29, 1.82) is 0 Å². The molecule has 8 heteroatoms. The third-order valence-electron chi connectivity index (χ3n) is 6.36. The summed E-state index contributed by atoms with van der Waals surface area (Å²) in [5.74, 6) is -0.832. The Hall–Kier alpha value is -3.13. The van der Waals surface area contributed by atoms with Gasteiger partial charge in [-0.2, -0.15) is 0 Å². The zero-order chi connectivity index (χ0) is 20.3. The predicted octanol–water partition coefficient (Wildman–Crippen LogP) is -2.38. The van der Waals surface area contributed by atoms with Crippen LogP contribution >= 0.6 is 0 Å². The van der Waals surface area contributed by atoms with Crippen molar-refractivity contribution in [3.63, 3.8) is 0 Å². The lowest BCUT2D eigenvalue weighted by molar-refractivity contribution is -0.918. The van der Waals surface area contributed by atoms with E-state index in [0.717, 1.165) is 44.3 Å². The molecule has 0 saturated carbocycles. The quantitative estimate of drug-likeness (QED) is 0.497. The highest BCUT2D eigenvalue weighted by atomic mass is 16.4. The second kappa shape index (κ2) is 6.45. The standard InChI is InChI=1S/C21H21N3O5/c1-10-13-8-11-4-2-6-24-7-3-5-12(16(11)24)17(13)29-20(27)14(10)9-15-18(25)22-21(28)23-19(15)26/h8-9,16H,2-7H2,1H3,(H3,22,23,25,26,28). The molecule has 5 rings (SSSR count). The maximum absolute atomic E-state index is 12.8. The molecule has 1 aliphatic carbocycles. The normalized spacial score (nSPS) is 23.4. The van der Waals surface area contributed by atoms with Gasteiger partial charge in [0.15, 0.2) is 0 Å². The molecule has 29 heavy (non-hydrogen) atoms. The fourth-order valence-corrected chi connectivity index (χ4v) is 5.05. The number of quaternary nitrogens is 1. The molecule has 2 aromatic heterocycles. The lowest BCUT2D eigenvalue weighted by Gasteiger charge is -2.40. The number of piperidine rings is 2. The molecule has 2 unspecified atom stereocenters. The van der Waals surface area contributed by atoms with Crippen LogP contribution < -0.4 is 37.5 Å². The summed E-state index contributed by atoms with van der Waals surface area (Å²) in [5.41, 5.74) is 2.15. The summed E-state index contributed by atoms with van der Waals surface area (Å²) in [4.78, 5) is 41.7. The van der Waals surface area contributed by atoms with Gasteiger partial charge >= 0.3 is 11.3 Å². The molecule has 8 nitrogen and oxygen atoms in total. The van der Waals surface area contributed by atoms with E-state index in [-0.39, 0.29) is 10.8 Å². The van der Waals surface area contributed by atoms with Gasteiger partial charge in [0.2, 0.25) is 0 Å². The Morgan fingerprint density at radius 1 is 1.17 bits per heavy atom. The molecule has 4 heterocycles. The number of hydrogen-bond donors (Lipinski definition) is 3. The van der Waals surface area contributed by atoms with Gasteiger partial charge in [-0.3, -0.25) is 9.78 Å². The smallest absolute Gasteiger partial charge is 0.343 e. The summed E-state index contributed by atoms with van der Waals surface area (Å²) in [5, 5.41) is 12.2. The number of nitrogens with one attached hydrogen (secondary N) is 3. The topological polar surface area (TPSA) is 123 Å². The molecular weight excluding hydrogens is 374 g/mol. The van der Waals surface area contributed by atoms with Crippen LogP contribution in [0.2, 0.25) is 0 Å². The summed E-state index contributed by atoms with van der Waals surface area (Å²) in [6.07, 6.45) is 7.48. The summed E-state index contributed by atoms with van der Waals surface area (Å²) < 4.78 is 5.75.